The molecule has 0 bridgehead atoms. The van der Waals surface area contributed by atoms with Gasteiger partial charge in [-0.05, 0) is 11.6 Å². The highest BCUT2D eigenvalue weighted by atomic mass is 32.1. The van der Waals surface area contributed by atoms with Gasteiger partial charge in [-0.3, -0.25) is 0 Å². The van der Waals surface area contributed by atoms with Crippen LogP contribution in [0, 0.1) is 0 Å². The quantitative estimate of drug-likeness (QED) is 0.588. The van der Waals surface area contributed by atoms with E-state index in [1.54, 1.807) is 11.3 Å². The molecule has 1 N–H and O–H groups in total. The van der Waals surface area contributed by atoms with Gasteiger partial charge in [0.2, 0.25) is 10.1 Å². The van der Waals surface area contributed by atoms with E-state index < -0.39 is 0 Å². The monoisotopic (exact) mass is 349 g/mol. The highest BCUT2D eigenvalue weighted by Gasteiger charge is 2.14. The third kappa shape index (κ3) is 3.08. The maximum atomic E-state index is 4.71. The van der Waals surface area contributed by atoms with Crippen LogP contribution >= 0.6 is 11.3 Å². The summed E-state index contributed by atoms with van der Waals surface area (Å²) >= 11 is 1.56. The van der Waals surface area contributed by atoms with Gasteiger partial charge >= 0.3 is 0 Å². The Morgan fingerprint density at radius 3 is 2.60 bits per heavy atom. The fourth-order valence-corrected chi connectivity index (χ4v) is 3.57. The number of hydrogen-bond acceptors (Lipinski definition) is 5. The van der Waals surface area contributed by atoms with E-state index in [4.69, 9.17) is 5.10 Å². The Hall–Kier alpha value is -2.86. The van der Waals surface area contributed by atoms with Gasteiger partial charge in [-0.15, -0.1) is 5.10 Å². The van der Waals surface area contributed by atoms with Crippen LogP contribution in [0.4, 0.5) is 10.8 Å². The molecule has 25 heavy (non-hydrogen) atoms. The second-order valence-electron chi connectivity index (χ2n) is 6.00. The van der Waals surface area contributed by atoms with Gasteiger partial charge < -0.3 is 10.2 Å². The Morgan fingerprint density at radius 2 is 1.80 bits per heavy atom. The van der Waals surface area contributed by atoms with Crippen LogP contribution in [0.2, 0.25) is 0 Å². The lowest BCUT2D eigenvalue weighted by atomic mass is 10.1. The first-order chi connectivity index (χ1) is 12.2. The highest BCUT2D eigenvalue weighted by molar-refractivity contribution is 7.20. The number of imidazole rings is 1. The molecule has 6 heteroatoms. The Labute approximate surface area is 150 Å². The Balaban J connectivity index is 1.65. The van der Waals surface area contributed by atoms with E-state index in [2.05, 4.69) is 39.5 Å². The summed E-state index contributed by atoms with van der Waals surface area (Å²) < 4.78 is 1.92. The third-order valence-electron chi connectivity index (χ3n) is 4.03. The first-order valence-electron chi connectivity index (χ1n) is 8.11. The first-order valence-corrected chi connectivity index (χ1v) is 8.93. The maximum Gasteiger partial charge on any atom is 0.214 e. The summed E-state index contributed by atoms with van der Waals surface area (Å²) in [6.07, 6.45) is 1.89. The van der Waals surface area contributed by atoms with E-state index in [0.717, 1.165) is 33.6 Å². The van der Waals surface area contributed by atoms with Gasteiger partial charge in [0.15, 0.2) is 0 Å². The molecule has 0 aliphatic heterocycles. The van der Waals surface area contributed by atoms with Crippen molar-refractivity contribution in [1.82, 2.24) is 14.6 Å². The van der Waals surface area contributed by atoms with Crippen LogP contribution in [0.15, 0.2) is 60.8 Å². The van der Waals surface area contributed by atoms with Crippen LogP contribution in [-0.2, 0) is 6.54 Å². The van der Waals surface area contributed by atoms with Crippen LogP contribution in [-0.4, -0.2) is 28.7 Å². The zero-order valence-corrected chi connectivity index (χ0v) is 15.0. The molecule has 0 fully saturated rings. The standard InChI is InChI=1S/C19H19N5S/c1-23(2)16-11-7-6-10-15(16)17-13-21-19-24(17)22-18(25-19)20-12-14-8-4-3-5-9-14/h3-11,13H,12H2,1-2H3,(H,20,22). The molecule has 2 aromatic carbocycles. The fourth-order valence-electron chi connectivity index (χ4n) is 2.80. The predicted molar refractivity (Wildman–Crippen MR) is 104 cm³/mol. The minimum absolute atomic E-state index is 0.751. The molecular formula is C19H19N5S. The van der Waals surface area contributed by atoms with E-state index in [1.807, 2.05) is 55.1 Å². The Morgan fingerprint density at radius 1 is 1.04 bits per heavy atom. The van der Waals surface area contributed by atoms with Crippen LogP contribution in [0.25, 0.3) is 16.2 Å². The second kappa shape index (κ2) is 6.57. The fraction of sp³-hybridized carbons (Fsp3) is 0.158. The van der Waals surface area contributed by atoms with Crippen molar-refractivity contribution < 1.29 is 0 Å². The summed E-state index contributed by atoms with van der Waals surface area (Å²) in [5.41, 5.74) is 4.51. The molecule has 0 aliphatic rings. The van der Waals surface area contributed by atoms with Gasteiger partial charge in [-0.1, -0.05) is 59.9 Å². The van der Waals surface area contributed by atoms with E-state index in [0.29, 0.717) is 0 Å². The van der Waals surface area contributed by atoms with E-state index in [1.165, 1.54) is 5.56 Å². The van der Waals surface area contributed by atoms with Crippen molar-refractivity contribution in [1.29, 1.82) is 0 Å². The minimum atomic E-state index is 0.751. The Kier molecular flexibility index (Phi) is 4.11. The molecule has 126 valence electrons. The molecule has 0 aliphatic carbocycles. The van der Waals surface area contributed by atoms with Crippen molar-refractivity contribution in [2.75, 3.05) is 24.3 Å². The van der Waals surface area contributed by atoms with E-state index in [9.17, 15) is 0 Å². The number of para-hydroxylation sites is 1. The summed E-state index contributed by atoms with van der Waals surface area (Å²) in [5.74, 6) is 0. The van der Waals surface area contributed by atoms with Crippen LogP contribution in [0.3, 0.4) is 0 Å². The average molecular weight is 349 g/mol. The SMILES string of the molecule is CN(C)c1ccccc1-c1cnc2sc(NCc3ccccc3)nn12. The zero-order valence-electron chi connectivity index (χ0n) is 14.2. The van der Waals surface area contributed by atoms with Crippen LogP contribution < -0.4 is 10.2 Å². The maximum absolute atomic E-state index is 4.71. The van der Waals surface area contributed by atoms with Crippen molar-refractivity contribution in [3.8, 4) is 11.3 Å². The number of nitrogens with zero attached hydrogens (tertiary/aromatic N) is 4. The summed E-state index contributed by atoms with van der Waals surface area (Å²) in [5, 5.41) is 8.97. The summed E-state index contributed by atoms with van der Waals surface area (Å²) in [6, 6.07) is 18.6. The molecule has 0 atom stereocenters. The number of rotatable bonds is 5. The van der Waals surface area contributed by atoms with Gasteiger partial charge in [-0.25, -0.2) is 9.50 Å². The zero-order chi connectivity index (χ0) is 17.2. The van der Waals surface area contributed by atoms with E-state index >= 15 is 0 Å². The van der Waals surface area contributed by atoms with Crippen molar-refractivity contribution in [2.45, 2.75) is 6.54 Å². The summed E-state index contributed by atoms with van der Waals surface area (Å²) in [6.45, 7) is 0.751. The molecule has 0 spiro atoms. The van der Waals surface area contributed by atoms with Crippen molar-refractivity contribution >= 4 is 27.1 Å². The third-order valence-corrected chi connectivity index (χ3v) is 4.91. The van der Waals surface area contributed by atoms with Gasteiger partial charge in [0, 0.05) is 31.9 Å². The van der Waals surface area contributed by atoms with Crippen LogP contribution in [0.1, 0.15) is 5.56 Å². The molecule has 2 aromatic heterocycles. The molecule has 4 aromatic rings. The van der Waals surface area contributed by atoms with Gasteiger partial charge in [0.1, 0.15) is 0 Å². The molecule has 0 saturated heterocycles. The topological polar surface area (TPSA) is 45.5 Å². The largest absolute Gasteiger partial charge is 0.377 e. The number of nitrogens with one attached hydrogen (secondary N) is 1. The molecule has 2 heterocycles. The number of benzene rings is 2. The highest BCUT2D eigenvalue weighted by Crippen LogP contribution is 2.32. The second-order valence-corrected chi connectivity index (χ2v) is 6.95. The molecular weight excluding hydrogens is 330 g/mol. The molecule has 0 amide bonds. The molecule has 4 rings (SSSR count). The molecule has 0 saturated carbocycles. The molecule has 5 nitrogen and oxygen atoms in total. The van der Waals surface area contributed by atoms with Crippen LogP contribution in [0.5, 0.6) is 0 Å². The summed E-state index contributed by atoms with van der Waals surface area (Å²) in [4.78, 5) is 7.53. The van der Waals surface area contributed by atoms with Crippen molar-refractivity contribution in [2.24, 2.45) is 0 Å². The van der Waals surface area contributed by atoms with Gasteiger partial charge in [-0.2, -0.15) is 0 Å². The number of anilines is 2. The van der Waals surface area contributed by atoms with Gasteiger partial charge in [0.05, 0.1) is 11.9 Å². The molecule has 0 unspecified atom stereocenters. The minimum Gasteiger partial charge on any atom is -0.377 e. The lowest BCUT2D eigenvalue weighted by Gasteiger charge is -2.16. The number of hydrogen-bond donors (Lipinski definition) is 1. The smallest absolute Gasteiger partial charge is 0.214 e. The summed E-state index contributed by atoms with van der Waals surface area (Å²) in [7, 11) is 4.09. The predicted octanol–water partition coefficient (Wildman–Crippen LogP) is 4.14. The Bertz CT molecular complexity index is 987. The number of fused-ring (bicyclic) bond motifs is 1. The van der Waals surface area contributed by atoms with E-state index in [-0.39, 0.29) is 0 Å². The lowest BCUT2D eigenvalue weighted by Crippen LogP contribution is -2.10. The lowest BCUT2D eigenvalue weighted by molar-refractivity contribution is 0.966. The van der Waals surface area contributed by atoms with Crippen molar-refractivity contribution in [3.63, 3.8) is 0 Å². The van der Waals surface area contributed by atoms with Crippen molar-refractivity contribution in [3.05, 3.63) is 66.4 Å². The first kappa shape index (κ1) is 15.7. The average Bonchev–Trinajstić information content (AvgIpc) is 3.21. The van der Waals surface area contributed by atoms with Gasteiger partial charge in [0.25, 0.3) is 0 Å². The normalized spacial score (nSPS) is 11.0. The molecule has 0 radical (unpaired) electrons. The number of aromatic nitrogens is 3.